The van der Waals surface area contributed by atoms with Crippen LogP contribution in [0.5, 0.6) is 0 Å². The van der Waals surface area contributed by atoms with Crippen LogP contribution in [-0.2, 0) is 0 Å². The minimum absolute atomic E-state index is 0.00258. The summed E-state index contributed by atoms with van der Waals surface area (Å²) < 4.78 is 0. The van der Waals surface area contributed by atoms with Crippen molar-refractivity contribution in [1.82, 2.24) is 0 Å². The van der Waals surface area contributed by atoms with Crippen LogP contribution >= 0.6 is 0 Å². The van der Waals surface area contributed by atoms with Gasteiger partial charge >= 0.3 is 0 Å². The molecule has 0 aromatic rings. The van der Waals surface area contributed by atoms with E-state index >= 15 is 0 Å². The first-order chi connectivity index (χ1) is 8.36. The fourth-order valence-electron chi connectivity index (χ4n) is 3.80. The zero-order valence-electron chi connectivity index (χ0n) is 11.3. The van der Waals surface area contributed by atoms with Gasteiger partial charge < -0.3 is 15.3 Å². The summed E-state index contributed by atoms with van der Waals surface area (Å²) in [4.78, 5) is 0. The minimum Gasteiger partial charge on any atom is -0.393 e. The van der Waals surface area contributed by atoms with Crippen LogP contribution in [-0.4, -0.2) is 34.1 Å². The first-order valence-corrected chi connectivity index (χ1v) is 6.69. The van der Waals surface area contributed by atoms with Gasteiger partial charge in [-0.1, -0.05) is 32.1 Å². The zero-order valence-corrected chi connectivity index (χ0v) is 11.3. The molecule has 3 nitrogen and oxygen atoms in total. The number of hydrogen-bond donors (Lipinski definition) is 3. The van der Waals surface area contributed by atoms with Crippen molar-refractivity contribution in [2.45, 2.75) is 51.7 Å². The summed E-state index contributed by atoms with van der Waals surface area (Å²) in [5.74, 6) is 0. The van der Waals surface area contributed by atoms with E-state index in [-0.39, 0.29) is 12.0 Å². The molecule has 0 unspecified atom stereocenters. The summed E-state index contributed by atoms with van der Waals surface area (Å²) in [6.07, 6.45) is 3.65. The second kappa shape index (κ2) is 4.48. The Morgan fingerprint density at radius 1 is 1.33 bits per heavy atom. The van der Waals surface area contributed by atoms with Crippen LogP contribution in [0.1, 0.15) is 39.5 Å². The van der Waals surface area contributed by atoms with Crippen molar-refractivity contribution in [3.8, 4) is 0 Å². The third-order valence-electron chi connectivity index (χ3n) is 5.27. The van der Waals surface area contributed by atoms with Crippen LogP contribution < -0.4 is 0 Å². The molecule has 3 heteroatoms. The van der Waals surface area contributed by atoms with E-state index in [0.29, 0.717) is 12.8 Å². The van der Waals surface area contributed by atoms with Crippen molar-refractivity contribution in [3.63, 3.8) is 0 Å². The lowest BCUT2D eigenvalue weighted by Crippen LogP contribution is -2.57. The van der Waals surface area contributed by atoms with Gasteiger partial charge in [-0.25, -0.2) is 0 Å². The van der Waals surface area contributed by atoms with Crippen molar-refractivity contribution in [2.75, 3.05) is 6.61 Å². The van der Waals surface area contributed by atoms with E-state index in [4.69, 9.17) is 0 Å². The fraction of sp³-hybridized carbons (Fsp3) is 0.733. The third kappa shape index (κ3) is 1.68. The molecule has 0 radical (unpaired) electrons. The van der Waals surface area contributed by atoms with E-state index < -0.39 is 17.6 Å². The van der Waals surface area contributed by atoms with Crippen molar-refractivity contribution >= 4 is 0 Å². The Morgan fingerprint density at radius 2 is 2.00 bits per heavy atom. The number of aliphatic hydroxyl groups is 3. The van der Waals surface area contributed by atoms with Crippen molar-refractivity contribution in [2.24, 2.45) is 10.8 Å². The number of rotatable bonds is 1. The maximum absolute atomic E-state index is 10.6. The van der Waals surface area contributed by atoms with Gasteiger partial charge in [-0.05, 0) is 31.3 Å². The quantitative estimate of drug-likeness (QED) is 0.623. The van der Waals surface area contributed by atoms with E-state index in [0.717, 1.165) is 24.0 Å². The molecule has 0 aliphatic heterocycles. The Bertz CT molecular complexity index is 383. The standard InChI is InChI=1S/C15H24O3/c1-10-4-5-12(17)14(2,3)15(10)7-6-11(9-16)8-13(15)18/h6,12-13,16-18H,1,4-5,7-9H2,2-3H3/t12-,13+,15+/m1/s1. The summed E-state index contributed by atoms with van der Waals surface area (Å²) in [5, 5.41) is 30.1. The van der Waals surface area contributed by atoms with E-state index in [1.807, 2.05) is 19.9 Å². The molecule has 18 heavy (non-hydrogen) atoms. The normalized spacial score (nSPS) is 39.8. The molecule has 0 bridgehead atoms. The Balaban J connectivity index is 2.44. The zero-order chi connectivity index (χ0) is 13.6. The monoisotopic (exact) mass is 252 g/mol. The maximum Gasteiger partial charge on any atom is 0.0680 e. The molecule has 0 aromatic carbocycles. The van der Waals surface area contributed by atoms with Gasteiger partial charge in [0.15, 0.2) is 0 Å². The SMILES string of the molecule is C=C1CC[C@@H](O)C(C)(C)[C@@]12CC=C(CO)C[C@@H]2O. The minimum atomic E-state index is -0.568. The first kappa shape index (κ1) is 13.8. The van der Waals surface area contributed by atoms with Crippen molar-refractivity contribution < 1.29 is 15.3 Å². The highest BCUT2D eigenvalue weighted by Gasteiger charge is 2.57. The predicted octanol–water partition coefficient (Wildman–Crippen LogP) is 1.78. The van der Waals surface area contributed by atoms with Crippen LogP contribution in [0.2, 0.25) is 0 Å². The van der Waals surface area contributed by atoms with Crippen molar-refractivity contribution in [3.05, 3.63) is 23.8 Å². The van der Waals surface area contributed by atoms with Crippen LogP contribution in [0.25, 0.3) is 0 Å². The highest BCUT2D eigenvalue weighted by atomic mass is 16.3. The second-order valence-electron chi connectivity index (χ2n) is 6.30. The summed E-state index contributed by atoms with van der Waals surface area (Å²) in [6.45, 7) is 8.20. The Morgan fingerprint density at radius 3 is 2.56 bits per heavy atom. The molecule has 3 N–H and O–H groups in total. The summed E-state index contributed by atoms with van der Waals surface area (Å²) in [7, 11) is 0. The summed E-state index contributed by atoms with van der Waals surface area (Å²) in [6, 6.07) is 0. The molecule has 1 spiro atoms. The molecule has 0 saturated heterocycles. The lowest BCUT2D eigenvalue weighted by atomic mass is 9.49. The van der Waals surface area contributed by atoms with Crippen LogP contribution in [0.4, 0.5) is 0 Å². The van der Waals surface area contributed by atoms with E-state index in [1.165, 1.54) is 0 Å². The molecule has 3 atom stereocenters. The molecule has 2 aliphatic rings. The smallest absolute Gasteiger partial charge is 0.0680 e. The topological polar surface area (TPSA) is 60.7 Å². The molecular weight excluding hydrogens is 228 g/mol. The van der Waals surface area contributed by atoms with Gasteiger partial charge in [0.1, 0.15) is 0 Å². The predicted molar refractivity (Wildman–Crippen MR) is 71.0 cm³/mol. The average Bonchev–Trinajstić information content (AvgIpc) is 2.33. The third-order valence-corrected chi connectivity index (χ3v) is 5.27. The molecule has 0 amide bonds. The van der Waals surface area contributed by atoms with E-state index in [1.54, 1.807) is 0 Å². The van der Waals surface area contributed by atoms with Crippen LogP contribution in [0.3, 0.4) is 0 Å². The number of allylic oxidation sites excluding steroid dienone is 1. The molecule has 1 fully saturated rings. The van der Waals surface area contributed by atoms with Gasteiger partial charge in [0.05, 0.1) is 18.8 Å². The van der Waals surface area contributed by atoms with Gasteiger partial charge in [0, 0.05) is 10.8 Å². The molecule has 0 aromatic heterocycles. The molecular formula is C15H24O3. The number of aliphatic hydroxyl groups excluding tert-OH is 3. The largest absolute Gasteiger partial charge is 0.393 e. The van der Waals surface area contributed by atoms with Gasteiger partial charge in [-0.15, -0.1) is 0 Å². The molecule has 102 valence electrons. The first-order valence-electron chi connectivity index (χ1n) is 6.69. The van der Waals surface area contributed by atoms with Crippen LogP contribution in [0, 0.1) is 10.8 Å². The van der Waals surface area contributed by atoms with Crippen molar-refractivity contribution in [1.29, 1.82) is 0 Å². The Hall–Kier alpha value is -0.640. The highest BCUT2D eigenvalue weighted by Crippen LogP contribution is 2.59. The lowest BCUT2D eigenvalue weighted by molar-refractivity contribution is -0.120. The number of hydrogen-bond acceptors (Lipinski definition) is 3. The second-order valence-corrected chi connectivity index (χ2v) is 6.30. The van der Waals surface area contributed by atoms with E-state index in [2.05, 4.69) is 6.58 Å². The van der Waals surface area contributed by atoms with E-state index in [9.17, 15) is 15.3 Å². The molecule has 1 saturated carbocycles. The van der Waals surface area contributed by atoms with Crippen LogP contribution in [0.15, 0.2) is 23.8 Å². The summed E-state index contributed by atoms with van der Waals surface area (Å²) in [5.41, 5.74) is 1.08. The van der Waals surface area contributed by atoms with Gasteiger partial charge in [0.25, 0.3) is 0 Å². The lowest BCUT2D eigenvalue weighted by Gasteiger charge is -2.57. The average molecular weight is 252 g/mol. The molecule has 2 aliphatic carbocycles. The van der Waals surface area contributed by atoms with Gasteiger partial charge in [0.2, 0.25) is 0 Å². The van der Waals surface area contributed by atoms with Gasteiger partial charge in [-0.2, -0.15) is 0 Å². The fourth-order valence-corrected chi connectivity index (χ4v) is 3.80. The Kier molecular flexibility index (Phi) is 3.43. The maximum atomic E-state index is 10.6. The van der Waals surface area contributed by atoms with Gasteiger partial charge in [-0.3, -0.25) is 0 Å². The molecule has 0 heterocycles. The molecule has 2 rings (SSSR count). The summed E-state index contributed by atoms with van der Waals surface area (Å²) >= 11 is 0. The highest BCUT2D eigenvalue weighted by molar-refractivity contribution is 5.29. The Labute approximate surface area is 109 Å².